The Labute approximate surface area is 111 Å². The summed E-state index contributed by atoms with van der Waals surface area (Å²) in [6.07, 6.45) is 1.57. The quantitative estimate of drug-likeness (QED) is 0.713. The summed E-state index contributed by atoms with van der Waals surface area (Å²) in [4.78, 5) is 17.7. The highest BCUT2D eigenvalue weighted by atomic mass is 16.5. The van der Waals surface area contributed by atoms with Crippen LogP contribution in [0.25, 0.3) is 0 Å². The highest BCUT2D eigenvalue weighted by Gasteiger charge is 2.16. The van der Waals surface area contributed by atoms with E-state index in [1.807, 2.05) is 0 Å². The summed E-state index contributed by atoms with van der Waals surface area (Å²) in [5, 5.41) is 11.4. The number of amides is 2. The first-order chi connectivity index (χ1) is 9.29. The summed E-state index contributed by atoms with van der Waals surface area (Å²) in [5.74, 6) is 5.75. The molecule has 0 radical (unpaired) electrons. The minimum atomic E-state index is -0.197. The van der Waals surface area contributed by atoms with Gasteiger partial charge in [-0.2, -0.15) is 0 Å². The fourth-order valence-electron chi connectivity index (χ4n) is 1.67. The number of nitrogens with one attached hydrogen (secondary N) is 1. The summed E-state index contributed by atoms with van der Waals surface area (Å²) in [7, 11) is 0. The molecule has 2 amide bonds. The molecule has 0 atom stereocenters. The van der Waals surface area contributed by atoms with Crippen molar-refractivity contribution >= 4 is 11.8 Å². The first-order valence-corrected chi connectivity index (χ1v) is 5.99. The standard InChI is InChI=1S/C13H15N3O3/c17-7-1-2-11-3-4-14-12(10-11)15-13(18)16-5-8-19-9-6-16/h3-4,10,17H,5-9H2,(H,14,15,18). The number of carbonyl (C=O) groups is 1. The van der Waals surface area contributed by atoms with E-state index in [1.54, 1.807) is 23.2 Å². The zero-order chi connectivity index (χ0) is 13.5. The number of aliphatic hydroxyl groups is 1. The molecule has 19 heavy (non-hydrogen) atoms. The zero-order valence-corrected chi connectivity index (χ0v) is 10.4. The topological polar surface area (TPSA) is 74.7 Å². The third-order valence-electron chi connectivity index (χ3n) is 2.61. The molecule has 1 aromatic heterocycles. The van der Waals surface area contributed by atoms with E-state index in [9.17, 15) is 4.79 Å². The van der Waals surface area contributed by atoms with Crippen molar-refractivity contribution in [3.63, 3.8) is 0 Å². The maximum absolute atomic E-state index is 11.9. The van der Waals surface area contributed by atoms with Crippen LogP contribution in [0, 0.1) is 11.8 Å². The van der Waals surface area contributed by atoms with Gasteiger partial charge in [-0.3, -0.25) is 5.32 Å². The molecule has 2 N–H and O–H groups in total. The highest BCUT2D eigenvalue weighted by Crippen LogP contribution is 2.07. The third-order valence-corrected chi connectivity index (χ3v) is 2.61. The molecule has 1 fully saturated rings. The first kappa shape index (κ1) is 13.3. The zero-order valence-electron chi connectivity index (χ0n) is 10.4. The minimum Gasteiger partial charge on any atom is -0.384 e. The number of nitrogens with zero attached hydrogens (tertiary/aromatic N) is 2. The van der Waals surface area contributed by atoms with Crippen molar-refractivity contribution in [2.24, 2.45) is 0 Å². The normalized spacial score (nSPS) is 14.5. The second-order valence-electron chi connectivity index (χ2n) is 3.92. The molecule has 2 heterocycles. The van der Waals surface area contributed by atoms with Crippen LogP contribution in [-0.2, 0) is 4.74 Å². The summed E-state index contributed by atoms with van der Waals surface area (Å²) in [6, 6.07) is 3.19. The molecule has 0 bridgehead atoms. The number of aliphatic hydroxyl groups excluding tert-OH is 1. The number of pyridine rings is 1. The van der Waals surface area contributed by atoms with Gasteiger partial charge in [-0.15, -0.1) is 0 Å². The molecule has 1 aliphatic heterocycles. The van der Waals surface area contributed by atoms with Crippen molar-refractivity contribution in [1.82, 2.24) is 9.88 Å². The van der Waals surface area contributed by atoms with Gasteiger partial charge >= 0.3 is 6.03 Å². The Balaban J connectivity index is 1.99. The number of rotatable bonds is 1. The summed E-state index contributed by atoms with van der Waals surface area (Å²) < 4.78 is 5.18. The largest absolute Gasteiger partial charge is 0.384 e. The molecule has 1 aromatic rings. The molecule has 0 unspecified atom stereocenters. The predicted molar refractivity (Wildman–Crippen MR) is 69.6 cm³/mol. The minimum absolute atomic E-state index is 0.192. The van der Waals surface area contributed by atoms with E-state index in [0.717, 1.165) is 0 Å². The van der Waals surface area contributed by atoms with Gasteiger partial charge in [-0.05, 0) is 12.1 Å². The van der Waals surface area contributed by atoms with E-state index in [-0.39, 0.29) is 12.6 Å². The monoisotopic (exact) mass is 261 g/mol. The van der Waals surface area contributed by atoms with Crippen molar-refractivity contribution in [1.29, 1.82) is 0 Å². The van der Waals surface area contributed by atoms with Crippen molar-refractivity contribution in [3.05, 3.63) is 23.9 Å². The molecule has 0 aliphatic carbocycles. The van der Waals surface area contributed by atoms with E-state index >= 15 is 0 Å². The average molecular weight is 261 g/mol. The summed E-state index contributed by atoms with van der Waals surface area (Å²) in [6.45, 7) is 2.08. The number of carbonyl (C=O) groups excluding carboxylic acids is 1. The van der Waals surface area contributed by atoms with Crippen LogP contribution in [0.3, 0.4) is 0 Å². The lowest BCUT2D eigenvalue weighted by atomic mass is 10.2. The molecule has 1 saturated heterocycles. The SMILES string of the molecule is O=C(Nc1cc(C#CCO)ccn1)N1CCOCC1. The van der Waals surface area contributed by atoms with Gasteiger partial charge in [0.05, 0.1) is 13.2 Å². The number of aromatic nitrogens is 1. The Hall–Kier alpha value is -2.10. The Morgan fingerprint density at radius 3 is 3.05 bits per heavy atom. The van der Waals surface area contributed by atoms with Crippen LogP contribution in [0.5, 0.6) is 0 Å². The van der Waals surface area contributed by atoms with E-state index in [1.165, 1.54) is 0 Å². The molecular weight excluding hydrogens is 246 g/mol. The van der Waals surface area contributed by atoms with Gasteiger partial charge in [0, 0.05) is 24.8 Å². The molecular formula is C13H15N3O3. The smallest absolute Gasteiger partial charge is 0.323 e. The lowest BCUT2D eigenvalue weighted by molar-refractivity contribution is 0.0564. The van der Waals surface area contributed by atoms with Gasteiger partial charge in [0.25, 0.3) is 0 Å². The highest BCUT2D eigenvalue weighted by molar-refractivity contribution is 5.88. The van der Waals surface area contributed by atoms with Gasteiger partial charge in [-0.1, -0.05) is 11.8 Å². The first-order valence-electron chi connectivity index (χ1n) is 5.99. The maximum Gasteiger partial charge on any atom is 0.323 e. The van der Waals surface area contributed by atoms with Crippen molar-refractivity contribution in [2.75, 3.05) is 38.2 Å². The van der Waals surface area contributed by atoms with Gasteiger partial charge in [0.1, 0.15) is 12.4 Å². The van der Waals surface area contributed by atoms with Crippen LogP contribution >= 0.6 is 0 Å². The van der Waals surface area contributed by atoms with Crippen LogP contribution < -0.4 is 5.32 Å². The number of anilines is 1. The van der Waals surface area contributed by atoms with Crippen LogP contribution in [-0.4, -0.2) is 53.9 Å². The molecule has 0 aromatic carbocycles. The van der Waals surface area contributed by atoms with Crippen molar-refractivity contribution in [3.8, 4) is 11.8 Å². The van der Waals surface area contributed by atoms with Gasteiger partial charge in [0.15, 0.2) is 0 Å². The third kappa shape index (κ3) is 3.95. The maximum atomic E-state index is 11.9. The predicted octanol–water partition coefficient (Wildman–Crippen LogP) is 0.289. The summed E-state index contributed by atoms with van der Waals surface area (Å²) in [5.41, 5.74) is 0.696. The molecule has 0 spiro atoms. The lowest BCUT2D eigenvalue weighted by Gasteiger charge is -2.26. The van der Waals surface area contributed by atoms with Crippen LogP contribution in [0.1, 0.15) is 5.56 Å². The van der Waals surface area contributed by atoms with Crippen LogP contribution in [0.15, 0.2) is 18.3 Å². The van der Waals surface area contributed by atoms with Crippen LogP contribution in [0.2, 0.25) is 0 Å². The van der Waals surface area contributed by atoms with Crippen molar-refractivity contribution < 1.29 is 14.6 Å². The number of urea groups is 1. The molecule has 100 valence electrons. The molecule has 6 heteroatoms. The number of morpholine rings is 1. The van der Waals surface area contributed by atoms with Gasteiger partial charge in [0.2, 0.25) is 0 Å². The molecule has 6 nitrogen and oxygen atoms in total. The molecule has 2 rings (SSSR count). The van der Waals surface area contributed by atoms with Crippen LogP contribution in [0.4, 0.5) is 10.6 Å². The average Bonchev–Trinajstić information content (AvgIpc) is 2.46. The Morgan fingerprint density at radius 1 is 1.53 bits per heavy atom. The Bertz CT molecular complexity index is 501. The second-order valence-corrected chi connectivity index (χ2v) is 3.92. The Morgan fingerprint density at radius 2 is 2.32 bits per heavy atom. The van der Waals surface area contributed by atoms with E-state index in [4.69, 9.17) is 9.84 Å². The van der Waals surface area contributed by atoms with E-state index in [2.05, 4.69) is 22.1 Å². The molecule has 1 aliphatic rings. The lowest BCUT2D eigenvalue weighted by Crippen LogP contribution is -2.43. The van der Waals surface area contributed by atoms with Crippen molar-refractivity contribution in [2.45, 2.75) is 0 Å². The molecule has 0 saturated carbocycles. The fraction of sp³-hybridized carbons (Fsp3) is 0.385. The summed E-state index contributed by atoms with van der Waals surface area (Å²) >= 11 is 0. The van der Waals surface area contributed by atoms with Gasteiger partial charge in [-0.25, -0.2) is 9.78 Å². The number of hydrogen-bond donors (Lipinski definition) is 2. The fourth-order valence-corrected chi connectivity index (χ4v) is 1.67. The Kier molecular flexibility index (Phi) is 4.72. The van der Waals surface area contributed by atoms with E-state index in [0.29, 0.717) is 37.7 Å². The number of ether oxygens (including phenoxy) is 1. The second kappa shape index (κ2) is 6.73. The van der Waals surface area contributed by atoms with E-state index < -0.39 is 0 Å². The number of hydrogen-bond acceptors (Lipinski definition) is 4. The van der Waals surface area contributed by atoms with Gasteiger partial charge < -0.3 is 14.7 Å².